The third-order valence-corrected chi connectivity index (χ3v) is 4.49. The molecule has 0 saturated carbocycles. The number of carbonyl (C=O) groups is 1. The third kappa shape index (κ3) is 5.13. The lowest BCUT2D eigenvalue weighted by atomic mass is 10.3. The van der Waals surface area contributed by atoms with Crippen LogP contribution in [0.15, 0.2) is 28.7 Å². The highest BCUT2D eigenvalue weighted by molar-refractivity contribution is 9.10. The number of halogens is 1. The molecular formula is C13H19BrN2O3S. The fourth-order valence-corrected chi connectivity index (χ4v) is 3.29. The zero-order chi connectivity index (χ0) is 15.2. The molecule has 1 rings (SSSR count). The van der Waals surface area contributed by atoms with E-state index >= 15 is 0 Å². The number of hydrogen-bond acceptors (Lipinski definition) is 3. The summed E-state index contributed by atoms with van der Waals surface area (Å²) in [6, 6.07) is 7.09. The molecule has 0 saturated heterocycles. The lowest BCUT2D eigenvalue weighted by Crippen LogP contribution is -2.38. The van der Waals surface area contributed by atoms with Crippen molar-refractivity contribution < 1.29 is 13.2 Å². The van der Waals surface area contributed by atoms with Crippen LogP contribution in [-0.4, -0.2) is 33.7 Å². The molecule has 5 nitrogen and oxygen atoms in total. The fourth-order valence-electron chi connectivity index (χ4n) is 1.73. The molecule has 0 atom stereocenters. The average molecular weight is 363 g/mol. The summed E-state index contributed by atoms with van der Waals surface area (Å²) in [4.78, 5) is 11.4. The number of amides is 1. The second kappa shape index (κ2) is 7.64. The summed E-state index contributed by atoms with van der Waals surface area (Å²) in [6.45, 7) is 2.41. The molecule has 112 valence electrons. The lowest BCUT2D eigenvalue weighted by molar-refractivity contribution is -0.121. The van der Waals surface area contributed by atoms with Crippen LogP contribution in [0.3, 0.4) is 0 Å². The van der Waals surface area contributed by atoms with Crippen molar-refractivity contribution in [3.63, 3.8) is 0 Å². The van der Waals surface area contributed by atoms with Crippen LogP contribution in [0.1, 0.15) is 19.8 Å². The van der Waals surface area contributed by atoms with Crippen molar-refractivity contribution in [3.05, 3.63) is 28.7 Å². The minimum Gasteiger partial charge on any atom is -0.354 e. The smallest absolute Gasteiger partial charge is 0.232 e. The number of benzene rings is 1. The fraction of sp³-hybridized carbons (Fsp3) is 0.462. The first-order valence-corrected chi connectivity index (χ1v) is 8.99. The van der Waals surface area contributed by atoms with Crippen molar-refractivity contribution in [2.45, 2.75) is 19.8 Å². The van der Waals surface area contributed by atoms with E-state index in [1.165, 1.54) is 4.31 Å². The molecule has 1 aromatic rings. The van der Waals surface area contributed by atoms with Crippen molar-refractivity contribution >= 4 is 37.5 Å². The van der Waals surface area contributed by atoms with Crippen LogP contribution < -0.4 is 9.62 Å². The number of nitrogens with zero attached hydrogens (tertiary/aromatic N) is 1. The van der Waals surface area contributed by atoms with Gasteiger partial charge in [0, 0.05) is 17.4 Å². The van der Waals surface area contributed by atoms with Crippen LogP contribution in [0, 0.1) is 0 Å². The first-order valence-electron chi connectivity index (χ1n) is 6.35. The van der Waals surface area contributed by atoms with E-state index in [1.807, 2.05) is 13.0 Å². The normalized spacial score (nSPS) is 11.2. The second-order valence-electron chi connectivity index (χ2n) is 4.39. The number of nitrogens with one attached hydrogen (secondary N) is 1. The van der Waals surface area contributed by atoms with Gasteiger partial charge in [0.05, 0.1) is 18.5 Å². The summed E-state index contributed by atoms with van der Waals surface area (Å²) >= 11 is 3.34. The number of anilines is 1. The largest absolute Gasteiger partial charge is 0.354 e. The summed E-state index contributed by atoms with van der Waals surface area (Å²) in [5.41, 5.74) is 0.569. The summed E-state index contributed by atoms with van der Waals surface area (Å²) in [5.74, 6) is -0.0620. The standard InChI is InChI=1S/C13H19BrN2O3S/c1-3-6-13(17)15-9-10-16(20(2,18)19)12-8-5-4-7-11(12)14/h4-5,7-8H,3,6,9-10H2,1-2H3,(H,15,17). The maximum Gasteiger partial charge on any atom is 0.232 e. The Kier molecular flexibility index (Phi) is 6.48. The van der Waals surface area contributed by atoms with Crippen LogP contribution >= 0.6 is 15.9 Å². The monoisotopic (exact) mass is 362 g/mol. The molecule has 0 fully saturated rings. The average Bonchev–Trinajstić information content (AvgIpc) is 2.35. The minimum atomic E-state index is -3.40. The number of para-hydroxylation sites is 1. The number of hydrogen-bond donors (Lipinski definition) is 1. The minimum absolute atomic E-state index is 0.0620. The van der Waals surface area contributed by atoms with Gasteiger partial charge in [0.15, 0.2) is 0 Å². The number of sulfonamides is 1. The van der Waals surface area contributed by atoms with Gasteiger partial charge in [0.1, 0.15) is 0 Å². The van der Waals surface area contributed by atoms with E-state index in [1.54, 1.807) is 18.2 Å². The van der Waals surface area contributed by atoms with Gasteiger partial charge < -0.3 is 5.32 Å². The molecular weight excluding hydrogens is 344 g/mol. The predicted molar refractivity (Wildman–Crippen MR) is 84.2 cm³/mol. The van der Waals surface area contributed by atoms with E-state index in [-0.39, 0.29) is 19.0 Å². The summed E-state index contributed by atoms with van der Waals surface area (Å²) in [5, 5.41) is 2.72. The molecule has 0 radical (unpaired) electrons. The SMILES string of the molecule is CCCC(=O)NCCN(c1ccccc1Br)S(C)(=O)=O. The summed E-state index contributed by atoms with van der Waals surface area (Å²) in [6.07, 6.45) is 2.38. The maximum absolute atomic E-state index is 11.9. The Balaban J connectivity index is 2.78. The van der Waals surface area contributed by atoms with Crippen molar-refractivity contribution in [1.82, 2.24) is 5.32 Å². The Morgan fingerprint density at radius 2 is 2.00 bits per heavy atom. The Hall–Kier alpha value is -1.08. The molecule has 0 spiro atoms. The van der Waals surface area contributed by atoms with Gasteiger partial charge in [-0.2, -0.15) is 0 Å². The van der Waals surface area contributed by atoms with Crippen LogP contribution in [0.5, 0.6) is 0 Å². The van der Waals surface area contributed by atoms with Crippen molar-refractivity contribution in [2.75, 3.05) is 23.7 Å². The number of carbonyl (C=O) groups excluding carboxylic acids is 1. The molecule has 0 aliphatic carbocycles. The molecule has 1 aromatic carbocycles. The van der Waals surface area contributed by atoms with E-state index in [9.17, 15) is 13.2 Å². The summed E-state index contributed by atoms with van der Waals surface area (Å²) in [7, 11) is -3.40. The van der Waals surface area contributed by atoms with Gasteiger partial charge in [-0.25, -0.2) is 8.42 Å². The van der Waals surface area contributed by atoms with Gasteiger partial charge in [-0.15, -0.1) is 0 Å². The Labute approximate surface area is 128 Å². The van der Waals surface area contributed by atoms with Crippen LogP contribution in [0.2, 0.25) is 0 Å². The first kappa shape index (κ1) is 17.0. The molecule has 0 aromatic heterocycles. The quantitative estimate of drug-likeness (QED) is 0.807. The van der Waals surface area contributed by atoms with Gasteiger partial charge in [-0.1, -0.05) is 19.1 Å². The van der Waals surface area contributed by atoms with Crippen LogP contribution in [0.25, 0.3) is 0 Å². The molecule has 0 bridgehead atoms. The highest BCUT2D eigenvalue weighted by atomic mass is 79.9. The second-order valence-corrected chi connectivity index (χ2v) is 7.15. The van der Waals surface area contributed by atoms with E-state index in [4.69, 9.17) is 0 Å². The summed E-state index contributed by atoms with van der Waals surface area (Å²) < 4.78 is 25.7. The van der Waals surface area contributed by atoms with Crippen LogP contribution in [-0.2, 0) is 14.8 Å². The molecule has 1 N–H and O–H groups in total. The molecule has 20 heavy (non-hydrogen) atoms. The molecule has 1 amide bonds. The topological polar surface area (TPSA) is 66.5 Å². The van der Waals surface area contributed by atoms with E-state index in [0.29, 0.717) is 16.6 Å². The molecule has 0 heterocycles. The molecule has 0 aliphatic rings. The van der Waals surface area contributed by atoms with Gasteiger partial charge in [0.25, 0.3) is 0 Å². The highest BCUT2D eigenvalue weighted by Crippen LogP contribution is 2.27. The van der Waals surface area contributed by atoms with Gasteiger partial charge in [-0.3, -0.25) is 9.10 Å². The van der Waals surface area contributed by atoms with Gasteiger partial charge in [0.2, 0.25) is 15.9 Å². The van der Waals surface area contributed by atoms with Crippen molar-refractivity contribution in [2.24, 2.45) is 0 Å². The van der Waals surface area contributed by atoms with E-state index in [2.05, 4.69) is 21.2 Å². The van der Waals surface area contributed by atoms with Crippen molar-refractivity contribution in [3.8, 4) is 0 Å². The van der Waals surface area contributed by atoms with E-state index in [0.717, 1.165) is 12.7 Å². The zero-order valence-electron chi connectivity index (χ0n) is 11.6. The van der Waals surface area contributed by atoms with Gasteiger partial charge in [-0.05, 0) is 34.5 Å². The van der Waals surface area contributed by atoms with Crippen molar-refractivity contribution in [1.29, 1.82) is 0 Å². The Morgan fingerprint density at radius 1 is 1.35 bits per heavy atom. The molecule has 0 aliphatic heterocycles. The van der Waals surface area contributed by atoms with E-state index < -0.39 is 10.0 Å². The van der Waals surface area contributed by atoms with Crippen LogP contribution in [0.4, 0.5) is 5.69 Å². The third-order valence-electron chi connectivity index (χ3n) is 2.64. The lowest BCUT2D eigenvalue weighted by Gasteiger charge is -2.23. The Morgan fingerprint density at radius 3 is 2.55 bits per heavy atom. The maximum atomic E-state index is 11.9. The zero-order valence-corrected chi connectivity index (χ0v) is 14.0. The predicted octanol–water partition coefficient (Wildman–Crippen LogP) is 2.13. The number of rotatable bonds is 7. The molecule has 0 unspecified atom stereocenters. The first-order chi connectivity index (χ1) is 9.36. The Bertz CT molecular complexity index is 560. The molecule has 7 heteroatoms. The van der Waals surface area contributed by atoms with Gasteiger partial charge >= 0.3 is 0 Å². The highest BCUT2D eigenvalue weighted by Gasteiger charge is 2.19.